The number of carbonyl (C=O) groups is 1. The molecule has 0 unspecified atom stereocenters. The highest BCUT2D eigenvalue weighted by molar-refractivity contribution is 6.30. The van der Waals surface area contributed by atoms with Crippen molar-refractivity contribution in [3.05, 3.63) is 75.2 Å². The number of aryl methyl sites for hydroxylation is 1. The van der Waals surface area contributed by atoms with Crippen molar-refractivity contribution < 1.29 is 4.79 Å². The van der Waals surface area contributed by atoms with Crippen LogP contribution < -0.4 is 10.9 Å². The molecule has 3 aromatic rings. The molecule has 0 bridgehead atoms. The fourth-order valence-electron chi connectivity index (χ4n) is 2.60. The van der Waals surface area contributed by atoms with E-state index >= 15 is 0 Å². The number of aromatic nitrogens is 2. The summed E-state index contributed by atoms with van der Waals surface area (Å²) in [7, 11) is 0. The lowest BCUT2D eigenvalue weighted by Crippen LogP contribution is -2.27. The summed E-state index contributed by atoms with van der Waals surface area (Å²) in [6.45, 7) is 0.528. The normalized spacial score (nSPS) is 10.8. The van der Waals surface area contributed by atoms with Gasteiger partial charge in [-0.05, 0) is 36.2 Å². The van der Waals surface area contributed by atoms with Crippen LogP contribution in [0.5, 0.6) is 0 Å². The van der Waals surface area contributed by atoms with Crippen LogP contribution in [0.4, 0.5) is 0 Å². The number of benzene rings is 2. The molecule has 5 nitrogen and oxygen atoms in total. The zero-order valence-electron chi connectivity index (χ0n) is 13.6. The van der Waals surface area contributed by atoms with Crippen LogP contribution in [0.2, 0.25) is 5.02 Å². The molecule has 1 amide bonds. The lowest BCUT2D eigenvalue weighted by Gasteiger charge is -2.06. The Kier molecular flexibility index (Phi) is 5.46. The predicted octanol–water partition coefficient (Wildman–Crippen LogP) is 2.87. The number of amides is 1. The summed E-state index contributed by atoms with van der Waals surface area (Å²) in [4.78, 5) is 31.1. The quantitative estimate of drug-likeness (QED) is 0.714. The maximum absolute atomic E-state index is 12.0. The first-order valence-electron chi connectivity index (χ1n) is 8.11. The third-order valence-electron chi connectivity index (χ3n) is 3.88. The molecular formula is C19H18ClN3O2. The van der Waals surface area contributed by atoms with E-state index < -0.39 is 0 Å². The molecule has 0 spiro atoms. The van der Waals surface area contributed by atoms with Crippen LogP contribution in [0.25, 0.3) is 11.0 Å². The van der Waals surface area contributed by atoms with E-state index in [4.69, 9.17) is 11.6 Å². The van der Waals surface area contributed by atoms with E-state index in [0.29, 0.717) is 35.6 Å². The van der Waals surface area contributed by atoms with Crippen LogP contribution in [0.3, 0.4) is 0 Å². The number of nitrogens with one attached hydrogen (secondary N) is 2. The van der Waals surface area contributed by atoms with Gasteiger partial charge in [-0.25, -0.2) is 4.98 Å². The SMILES string of the molecule is O=C(CCc1nc2ccccc2[nH]c1=O)NCCc1cccc(Cl)c1. The Balaban J connectivity index is 1.52. The number of halogens is 1. The Labute approximate surface area is 150 Å². The van der Waals surface area contributed by atoms with Gasteiger partial charge in [-0.3, -0.25) is 9.59 Å². The number of rotatable bonds is 6. The van der Waals surface area contributed by atoms with E-state index in [1.165, 1.54) is 0 Å². The average Bonchev–Trinajstić information content (AvgIpc) is 2.60. The molecule has 0 aliphatic heterocycles. The van der Waals surface area contributed by atoms with Crippen LogP contribution in [0.15, 0.2) is 53.3 Å². The first kappa shape index (κ1) is 17.2. The minimum Gasteiger partial charge on any atom is -0.356 e. The molecule has 0 saturated heterocycles. The Hall–Kier alpha value is -2.66. The third-order valence-corrected chi connectivity index (χ3v) is 4.12. The Morgan fingerprint density at radius 3 is 2.80 bits per heavy atom. The van der Waals surface area contributed by atoms with E-state index in [0.717, 1.165) is 11.1 Å². The summed E-state index contributed by atoms with van der Waals surface area (Å²) >= 11 is 5.93. The van der Waals surface area contributed by atoms with Gasteiger partial charge < -0.3 is 10.3 Å². The Morgan fingerprint density at radius 2 is 1.96 bits per heavy atom. The van der Waals surface area contributed by atoms with E-state index in [9.17, 15) is 9.59 Å². The standard InChI is InChI=1S/C19H18ClN3O2/c20-14-5-3-4-13(12-14)10-11-21-18(24)9-8-17-19(25)23-16-7-2-1-6-15(16)22-17/h1-7,12H,8-11H2,(H,21,24)(H,23,25). The smallest absolute Gasteiger partial charge is 0.270 e. The van der Waals surface area contributed by atoms with Crippen molar-refractivity contribution in [1.82, 2.24) is 15.3 Å². The summed E-state index contributed by atoms with van der Waals surface area (Å²) < 4.78 is 0. The van der Waals surface area contributed by atoms with Crippen LogP contribution in [0, 0.1) is 0 Å². The van der Waals surface area contributed by atoms with Crippen molar-refractivity contribution >= 4 is 28.5 Å². The second kappa shape index (κ2) is 7.94. The fraction of sp³-hybridized carbons (Fsp3) is 0.211. The second-order valence-electron chi connectivity index (χ2n) is 5.76. The molecule has 6 heteroatoms. The van der Waals surface area contributed by atoms with Crippen molar-refractivity contribution in [3.63, 3.8) is 0 Å². The van der Waals surface area contributed by atoms with Gasteiger partial charge in [0.15, 0.2) is 0 Å². The predicted molar refractivity (Wildman–Crippen MR) is 98.9 cm³/mol. The molecule has 3 rings (SSSR count). The van der Waals surface area contributed by atoms with Crippen molar-refractivity contribution in [2.45, 2.75) is 19.3 Å². The first-order chi connectivity index (χ1) is 12.1. The highest BCUT2D eigenvalue weighted by Gasteiger charge is 2.08. The molecule has 2 N–H and O–H groups in total. The molecule has 0 saturated carbocycles. The molecule has 1 heterocycles. The van der Waals surface area contributed by atoms with Crippen molar-refractivity contribution in [3.8, 4) is 0 Å². The maximum atomic E-state index is 12.0. The molecular weight excluding hydrogens is 338 g/mol. The summed E-state index contributed by atoms with van der Waals surface area (Å²) in [5.74, 6) is -0.101. The van der Waals surface area contributed by atoms with E-state index in [1.807, 2.05) is 42.5 Å². The first-order valence-corrected chi connectivity index (χ1v) is 8.49. The average molecular weight is 356 g/mol. The Bertz CT molecular complexity index is 953. The van der Waals surface area contributed by atoms with E-state index in [2.05, 4.69) is 15.3 Å². The maximum Gasteiger partial charge on any atom is 0.270 e. The largest absolute Gasteiger partial charge is 0.356 e. The lowest BCUT2D eigenvalue weighted by molar-refractivity contribution is -0.121. The molecule has 25 heavy (non-hydrogen) atoms. The molecule has 0 fully saturated rings. The van der Waals surface area contributed by atoms with Gasteiger partial charge in [-0.1, -0.05) is 35.9 Å². The van der Waals surface area contributed by atoms with E-state index in [1.54, 1.807) is 6.07 Å². The number of hydrogen-bond acceptors (Lipinski definition) is 3. The van der Waals surface area contributed by atoms with Gasteiger partial charge >= 0.3 is 0 Å². The van der Waals surface area contributed by atoms with Gasteiger partial charge in [0.1, 0.15) is 5.69 Å². The topological polar surface area (TPSA) is 74.8 Å². The van der Waals surface area contributed by atoms with Crippen molar-refractivity contribution in [2.75, 3.05) is 6.54 Å². The summed E-state index contributed by atoms with van der Waals surface area (Å²) in [5, 5.41) is 3.54. The molecule has 0 radical (unpaired) electrons. The molecule has 0 atom stereocenters. The van der Waals surface area contributed by atoms with Gasteiger partial charge in [0, 0.05) is 24.4 Å². The van der Waals surface area contributed by atoms with E-state index in [-0.39, 0.29) is 17.9 Å². The zero-order chi connectivity index (χ0) is 17.6. The monoisotopic (exact) mass is 355 g/mol. The minimum absolute atomic E-state index is 0.101. The van der Waals surface area contributed by atoms with Gasteiger partial charge in [-0.2, -0.15) is 0 Å². The molecule has 128 valence electrons. The number of H-pyrrole nitrogens is 1. The highest BCUT2D eigenvalue weighted by Crippen LogP contribution is 2.10. The van der Waals surface area contributed by atoms with Crippen molar-refractivity contribution in [2.24, 2.45) is 0 Å². The molecule has 1 aromatic heterocycles. The van der Waals surface area contributed by atoms with Gasteiger partial charge in [-0.15, -0.1) is 0 Å². The lowest BCUT2D eigenvalue weighted by atomic mass is 10.1. The molecule has 0 aliphatic carbocycles. The van der Waals surface area contributed by atoms with Crippen LogP contribution >= 0.6 is 11.6 Å². The third kappa shape index (κ3) is 4.67. The Morgan fingerprint density at radius 1 is 1.12 bits per heavy atom. The van der Waals surface area contributed by atoms with Gasteiger partial charge in [0.05, 0.1) is 11.0 Å². The number of fused-ring (bicyclic) bond motifs is 1. The number of aromatic amines is 1. The van der Waals surface area contributed by atoms with Gasteiger partial charge in [0.25, 0.3) is 5.56 Å². The number of nitrogens with zero attached hydrogens (tertiary/aromatic N) is 1. The van der Waals surface area contributed by atoms with Gasteiger partial charge in [0.2, 0.25) is 5.91 Å². The number of carbonyl (C=O) groups excluding carboxylic acids is 1. The zero-order valence-corrected chi connectivity index (χ0v) is 14.3. The highest BCUT2D eigenvalue weighted by atomic mass is 35.5. The molecule has 2 aromatic carbocycles. The summed E-state index contributed by atoms with van der Waals surface area (Å²) in [6, 6.07) is 14.9. The molecule has 0 aliphatic rings. The van der Waals surface area contributed by atoms with Crippen LogP contribution in [-0.2, 0) is 17.6 Å². The van der Waals surface area contributed by atoms with Crippen molar-refractivity contribution in [1.29, 1.82) is 0 Å². The summed E-state index contributed by atoms with van der Waals surface area (Å²) in [5.41, 5.74) is 2.62. The fourth-order valence-corrected chi connectivity index (χ4v) is 2.81. The van der Waals surface area contributed by atoms with Crippen LogP contribution in [0.1, 0.15) is 17.7 Å². The summed E-state index contributed by atoms with van der Waals surface area (Å²) in [6.07, 6.45) is 1.24. The van der Waals surface area contributed by atoms with Crippen LogP contribution in [-0.4, -0.2) is 22.4 Å². The minimum atomic E-state index is -0.245. The second-order valence-corrected chi connectivity index (χ2v) is 6.20. The number of para-hydroxylation sites is 2. The number of hydrogen-bond donors (Lipinski definition) is 2.